The lowest BCUT2D eigenvalue weighted by Gasteiger charge is -2.40. The molecule has 0 saturated carbocycles. The number of thioether (sulfide) groups is 1. The fourth-order valence-corrected chi connectivity index (χ4v) is 2.94. The number of rotatable bonds is 6. The predicted molar refractivity (Wildman–Crippen MR) is 80.5 cm³/mol. The molecule has 0 radical (unpaired) electrons. The average molecular weight is 289 g/mol. The summed E-state index contributed by atoms with van der Waals surface area (Å²) >= 11 is 1.58. The molecule has 1 fully saturated rings. The molecule has 5 nitrogen and oxygen atoms in total. The quantitative estimate of drug-likeness (QED) is 0.637. The normalized spacial score (nSPS) is 20.9. The molecule has 0 aromatic carbocycles. The minimum atomic E-state index is -0.853. The molecule has 0 aliphatic carbocycles. The Morgan fingerprint density at radius 3 is 2.47 bits per heavy atom. The monoisotopic (exact) mass is 289 g/mol. The molecule has 1 atom stereocenters. The second kappa shape index (κ2) is 6.92. The fraction of sp³-hybridized carbons (Fsp3) is 0.923. The van der Waals surface area contributed by atoms with Gasteiger partial charge in [0.05, 0.1) is 11.1 Å². The molecular formula is C13H27N3O2S. The lowest BCUT2D eigenvalue weighted by Crippen LogP contribution is -2.61. The topological polar surface area (TPSA) is 64.6 Å². The summed E-state index contributed by atoms with van der Waals surface area (Å²) in [5.41, 5.74) is -1.38. The van der Waals surface area contributed by atoms with Crippen molar-refractivity contribution < 1.29 is 9.90 Å². The van der Waals surface area contributed by atoms with Crippen molar-refractivity contribution in [3.63, 3.8) is 0 Å². The Balaban J connectivity index is 2.51. The summed E-state index contributed by atoms with van der Waals surface area (Å²) in [4.78, 5) is 14.5. The molecule has 3 N–H and O–H groups in total. The van der Waals surface area contributed by atoms with Gasteiger partial charge in [0.1, 0.15) is 0 Å². The number of piperazine rings is 1. The smallest absolute Gasteiger partial charge is 0.240 e. The number of amides is 1. The molecule has 1 rings (SSSR count). The third-order valence-electron chi connectivity index (χ3n) is 3.55. The molecule has 0 aromatic rings. The Hall–Kier alpha value is -0.300. The van der Waals surface area contributed by atoms with Gasteiger partial charge in [0.25, 0.3) is 0 Å². The van der Waals surface area contributed by atoms with Crippen LogP contribution >= 0.6 is 11.8 Å². The highest BCUT2D eigenvalue weighted by Gasteiger charge is 2.35. The first-order valence-electron chi connectivity index (χ1n) is 6.75. The van der Waals surface area contributed by atoms with Gasteiger partial charge in [-0.15, -0.1) is 0 Å². The lowest BCUT2D eigenvalue weighted by atomic mass is 9.99. The van der Waals surface area contributed by atoms with E-state index in [1.54, 1.807) is 18.7 Å². The summed E-state index contributed by atoms with van der Waals surface area (Å²) in [6.07, 6.45) is 1.95. The van der Waals surface area contributed by atoms with Crippen molar-refractivity contribution in [1.29, 1.82) is 0 Å². The van der Waals surface area contributed by atoms with Gasteiger partial charge in [0.15, 0.2) is 0 Å². The van der Waals surface area contributed by atoms with Crippen molar-refractivity contribution in [3.05, 3.63) is 0 Å². The number of hydrogen-bond donors (Lipinski definition) is 3. The highest BCUT2D eigenvalue weighted by molar-refractivity contribution is 7.98. The third-order valence-corrected chi connectivity index (χ3v) is 4.46. The number of aliphatic hydroxyl groups is 1. The van der Waals surface area contributed by atoms with Gasteiger partial charge in [0, 0.05) is 38.5 Å². The summed E-state index contributed by atoms with van der Waals surface area (Å²) in [7, 11) is 0. The molecule has 1 amide bonds. The van der Waals surface area contributed by atoms with Crippen LogP contribution in [0.25, 0.3) is 0 Å². The molecule has 1 aliphatic rings. The summed E-state index contributed by atoms with van der Waals surface area (Å²) < 4.78 is 0. The molecule has 0 aromatic heterocycles. The van der Waals surface area contributed by atoms with Gasteiger partial charge in [-0.25, -0.2) is 0 Å². The van der Waals surface area contributed by atoms with Crippen molar-refractivity contribution in [2.75, 3.05) is 44.7 Å². The largest absolute Gasteiger partial charge is 0.387 e. The van der Waals surface area contributed by atoms with Gasteiger partial charge in [-0.2, -0.15) is 11.8 Å². The molecule has 0 spiro atoms. The molecule has 112 valence electrons. The van der Waals surface area contributed by atoms with Crippen LogP contribution < -0.4 is 10.6 Å². The van der Waals surface area contributed by atoms with Gasteiger partial charge >= 0.3 is 0 Å². The molecular weight excluding hydrogens is 262 g/mol. The Labute approximate surface area is 120 Å². The van der Waals surface area contributed by atoms with E-state index in [0.717, 1.165) is 26.2 Å². The van der Waals surface area contributed by atoms with Crippen molar-refractivity contribution >= 4 is 17.7 Å². The summed E-state index contributed by atoms with van der Waals surface area (Å²) in [6, 6.07) is 0. The van der Waals surface area contributed by atoms with Crippen molar-refractivity contribution in [1.82, 2.24) is 15.5 Å². The van der Waals surface area contributed by atoms with E-state index in [0.29, 0.717) is 12.3 Å². The standard InChI is InChI=1S/C13H27N3O2S/c1-12(2,16-7-5-14-6-8-16)11(17)15-9-13(3,18)10-19-4/h14,18H,5-10H2,1-4H3,(H,15,17). The van der Waals surface area contributed by atoms with Gasteiger partial charge in [-0.1, -0.05) is 0 Å². The molecule has 0 bridgehead atoms. The zero-order valence-electron chi connectivity index (χ0n) is 12.5. The van der Waals surface area contributed by atoms with Gasteiger partial charge in [-0.3, -0.25) is 9.69 Å². The number of nitrogens with one attached hydrogen (secondary N) is 2. The summed E-state index contributed by atoms with van der Waals surface area (Å²) in [5, 5.41) is 16.2. The van der Waals surface area contributed by atoms with Crippen LogP contribution in [0.5, 0.6) is 0 Å². The van der Waals surface area contributed by atoms with Crippen LogP contribution in [0.2, 0.25) is 0 Å². The Morgan fingerprint density at radius 2 is 1.95 bits per heavy atom. The van der Waals surface area contributed by atoms with Crippen molar-refractivity contribution in [2.24, 2.45) is 0 Å². The van der Waals surface area contributed by atoms with Crippen LogP contribution in [0.4, 0.5) is 0 Å². The number of nitrogens with zero attached hydrogens (tertiary/aromatic N) is 1. The number of carbonyl (C=O) groups excluding carboxylic acids is 1. The minimum absolute atomic E-state index is 0.0178. The van der Waals surface area contributed by atoms with Crippen LogP contribution in [-0.4, -0.2) is 71.8 Å². The SMILES string of the molecule is CSCC(C)(O)CNC(=O)C(C)(C)N1CCNCC1. The van der Waals surface area contributed by atoms with E-state index in [-0.39, 0.29) is 5.91 Å². The molecule has 1 saturated heterocycles. The highest BCUT2D eigenvalue weighted by atomic mass is 32.2. The van der Waals surface area contributed by atoms with E-state index in [1.165, 1.54) is 0 Å². The Kier molecular flexibility index (Phi) is 6.11. The van der Waals surface area contributed by atoms with Crippen LogP contribution in [-0.2, 0) is 4.79 Å². The summed E-state index contributed by atoms with van der Waals surface area (Å²) in [5.74, 6) is 0.595. The van der Waals surface area contributed by atoms with Crippen LogP contribution in [0.3, 0.4) is 0 Å². The van der Waals surface area contributed by atoms with E-state index in [2.05, 4.69) is 15.5 Å². The second-order valence-corrected chi connectivity index (χ2v) is 6.77. The first-order chi connectivity index (χ1) is 8.79. The van der Waals surface area contributed by atoms with Gasteiger partial charge in [-0.05, 0) is 27.0 Å². The summed E-state index contributed by atoms with van der Waals surface area (Å²) in [6.45, 7) is 9.52. The minimum Gasteiger partial charge on any atom is -0.387 e. The van der Waals surface area contributed by atoms with Crippen molar-refractivity contribution in [3.8, 4) is 0 Å². The van der Waals surface area contributed by atoms with Gasteiger partial charge < -0.3 is 15.7 Å². The third kappa shape index (κ3) is 4.95. The maximum atomic E-state index is 12.3. The Morgan fingerprint density at radius 1 is 1.37 bits per heavy atom. The zero-order valence-corrected chi connectivity index (χ0v) is 13.3. The number of hydrogen-bond acceptors (Lipinski definition) is 5. The molecule has 6 heteroatoms. The fourth-order valence-electron chi connectivity index (χ4n) is 2.22. The number of carbonyl (C=O) groups is 1. The first kappa shape index (κ1) is 16.8. The molecule has 1 aliphatic heterocycles. The van der Waals surface area contributed by atoms with Crippen LogP contribution in [0.15, 0.2) is 0 Å². The van der Waals surface area contributed by atoms with E-state index < -0.39 is 11.1 Å². The molecule has 19 heavy (non-hydrogen) atoms. The Bertz CT molecular complexity index is 302. The maximum Gasteiger partial charge on any atom is 0.240 e. The van der Waals surface area contributed by atoms with E-state index in [4.69, 9.17) is 0 Å². The van der Waals surface area contributed by atoms with E-state index in [9.17, 15) is 9.90 Å². The lowest BCUT2D eigenvalue weighted by molar-refractivity contribution is -0.133. The average Bonchev–Trinajstić information content (AvgIpc) is 2.37. The van der Waals surface area contributed by atoms with E-state index in [1.807, 2.05) is 20.1 Å². The zero-order chi connectivity index (χ0) is 14.5. The molecule has 1 unspecified atom stereocenters. The second-order valence-electron chi connectivity index (χ2n) is 5.91. The van der Waals surface area contributed by atoms with Crippen molar-refractivity contribution in [2.45, 2.75) is 31.9 Å². The van der Waals surface area contributed by atoms with E-state index >= 15 is 0 Å². The molecule has 1 heterocycles. The van der Waals surface area contributed by atoms with Gasteiger partial charge in [0.2, 0.25) is 5.91 Å². The van der Waals surface area contributed by atoms with Crippen LogP contribution in [0.1, 0.15) is 20.8 Å². The maximum absolute atomic E-state index is 12.3. The first-order valence-corrected chi connectivity index (χ1v) is 8.14. The highest BCUT2D eigenvalue weighted by Crippen LogP contribution is 2.16. The predicted octanol–water partition coefficient (Wildman–Crippen LogP) is -0.0996. The van der Waals surface area contributed by atoms with Crippen LogP contribution in [0, 0.1) is 0 Å².